The number of hydrogen-bond acceptors (Lipinski definition) is 2. The normalized spacial score (nSPS) is 40.1. The summed E-state index contributed by atoms with van der Waals surface area (Å²) in [6, 6.07) is 0.178. The summed E-state index contributed by atoms with van der Waals surface area (Å²) in [5, 5.41) is 3.08. The Morgan fingerprint density at radius 3 is 2.45 bits per heavy atom. The van der Waals surface area contributed by atoms with Crippen LogP contribution in [0.4, 0.5) is 4.39 Å². The monoisotopic (exact) mass is 158 g/mol. The molecule has 2 fully saturated rings. The molecule has 0 saturated carbocycles. The van der Waals surface area contributed by atoms with Gasteiger partial charge in [-0.2, -0.15) is 0 Å². The fourth-order valence-corrected chi connectivity index (χ4v) is 2.06. The molecule has 11 heavy (non-hydrogen) atoms. The molecule has 2 atom stereocenters. The maximum absolute atomic E-state index is 13.1. The molecule has 0 spiro atoms. The molecule has 0 aromatic rings. The van der Waals surface area contributed by atoms with E-state index in [9.17, 15) is 4.39 Å². The minimum absolute atomic E-state index is 0.178. The zero-order chi connectivity index (χ0) is 7.68. The summed E-state index contributed by atoms with van der Waals surface area (Å²) in [6.45, 7) is 3.61. The van der Waals surface area contributed by atoms with E-state index >= 15 is 0 Å². The highest BCUT2D eigenvalue weighted by Crippen LogP contribution is 2.18. The van der Waals surface area contributed by atoms with E-state index in [0.29, 0.717) is 6.54 Å². The Hall–Kier alpha value is -0.150. The second-order valence-electron chi connectivity index (χ2n) is 3.48. The third-order valence-electron chi connectivity index (χ3n) is 2.72. The molecular weight excluding hydrogens is 143 g/mol. The van der Waals surface area contributed by atoms with Crippen molar-refractivity contribution >= 4 is 0 Å². The summed E-state index contributed by atoms with van der Waals surface area (Å²) >= 11 is 0. The van der Waals surface area contributed by atoms with Crippen molar-refractivity contribution in [1.82, 2.24) is 10.2 Å². The first-order chi connectivity index (χ1) is 5.38. The van der Waals surface area contributed by atoms with E-state index < -0.39 is 6.17 Å². The average molecular weight is 158 g/mol. The standard InChI is InChI=1S/C8H15FN2/c9-7-5-10-6-8(7)11-3-1-2-4-11/h7-8,10H,1-6H2/t7-,8-/m0/s1. The molecule has 64 valence electrons. The third kappa shape index (κ3) is 1.40. The first-order valence-electron chi connectivity index (χ1n) is 4.47. The fraction of sp³-hybridized carbons (Fsp3) is 1.00. The van der Waals surface area contributed by atoms with Gasteiger partial charge in [-0.3, -0.25) is 4.90 Å². The lowest BCUT2D eigenvalue weighted by Crippen LogP contribution is -2.39. The second kappa shape index (κ2) is 3.07. The number of nitrogens with zero attached hydrogens (tertiary/aromatic N) is 1. The summed E-state index contributed by atoms with van der Waals surface area (Å²) in [7, 11) is 0. The Balaban J connectivity index is 1.92. The average Bonchev–Trinajstić information content (AvgIpc) is 2.55. The van der Waals surface area contributed by atoms with Gasteiger partial charge in [-0.15, -0.1) is 0 Å². The fourth-order valence-electron chi connectivity index (χ4n) is 2.06. The zero-order valence-electron chi connectivity index (χ0n) is 6.72. The Morgan fingerprint density at radius 1 is 1.18 bits per heavy atom. The lowest BCUT2D eigenvalue weighted by molar-refractivity contribution is 0.173. The van der Waals surface area contributed by atoms with Gasteiger partial charge in [0.15, 0.2) is 0 Å². The minimum atomic E-state index is -0.631. The summed E-state index contributed by atoms with van der Waals surface area (Å²) in [5.41, 5.74) is 0. The van der Waals surface area contributed by atoms with Crippen molar-refractivity contribution in [2.75, 3.05) is 26.2 Å². The van der Waals surface area contributed by atoms with E-state index in [1.165, 1.54) is 12.8 Å². The lowest BCUT2D eigenvalue weighted by atomic mass is 10.2. The van der Waals surface area contributed by atoms with Crippen LogP contribution in [0.25, 0.3) is 0 Å². The van der Waals surface area contributed by atoms with Gasteiger partial charge < -0.3 is 5.32 Å². The van der Waals surface area contributed by atoms with Gasteiger partial charge in [0, 0.05) is 13.1 Å². The Morgan fingerprint density at radius 2 is 1.91 bits per heavy atom. The SMILES string of the molecule is F[C@H]1CNC[C@@H]1N1CCCC1. The van der Waals surface area contributed by atoms with E-state index in [4.69, 9.17) is 0 Å². The van der Waals surface area contributed by atoms with Gasteiger partial charge in [-0.25, -0.2) is 4.39 Å². The topological polar surface area (TPSA) is 15.3 Å². The van der Waals surface area contributed by atoms with Gasteiger partial charge in [-0.1, -0.05) is 0 Å². The Kier molecular flexibility index (Phi) is 2.09. The molecule has 0 aromatic carbocycles. The minimum Gasteiger partial charge on any atom is -0.312 e. The molecule has 2 heterocycles. The Labute approximate surface area is 66.8 Å². The molecule has 2 aliphatic rings. The summed E-state index contributed by atoms with van der Waals surface area (Å²) < 4.78 is 13.1. The molecule has 1 N–H and O–H groups in total. The van der Waals surface area contributed by atoms with Gasteiger partial charge in [0.25, 0.3) is 0 Å². The lowest BCUT2D eigenvalue weighted by Gasteiger charge is -2.23. The molecule has 0 bridgehead atoms. The number of likely N-dealkylation sites (tertiary alicyclic amines) is 1. The van der Waals surface area contributed by atoms with Crippen LogP contribution < -0.4 is 5.32 Å². The molecule has 2 aliphatic heterocycles. The summed E-state index contributed by atoms with van der Waals surface area (Å²) in [4.78, 5) is 2.28. The van der Waals surface area contributed by atoms with Gasteiger partial charge in [-0.05, 0) is 25.9 Å². The zero-order valence-corrected chi connectivity index (χ0v) is 6.72. The number of hydrogen-bond donors (Lipinski definition) is 1. The van der Waals surface area contributed by atoms with Crippen LogP contribution in [0, 0.1) is 0 Å². The number of nitrogens with one attached hydrogen (secondary N) is 1. The highest BCUT2D eigenvalue weighted by atomic mass is 19.1. The molecule has 0 unspecified atom stereocenters. The van der Waals surface area contributed by atoms with Gasteiger partial charge in [0.2, 0.25) is 0 Å². The van der Waals surface area contributed by atoms with Crippen LogP contribution in [0.2, 0.25) is 0 Å². The van der Waals surface area contributed by atoms with Crippen molar-refractivity contribution in [2.24, 2.45) is 0 Å². The van der Waals surface area contributed by atoms with Crippen molar-refractivity contribution in [3.8, 4) is 0 Å². The first-order valence-corrected chi connectivity index (χ1v) is 4.47. The number of alkyl halides is 1. The van der Waals surface area contributed by atoms with Crippen LogP contribution in [0.5, 0.6) is 0 Å². The summed E-state index contributed by atoms with van der Waals surface area (Å²) in [5.74, 6) is 0. The smallest absolute Gasteiger partial charge is 0.129 e. The maximum atomic E-state index is 13.1. The van der Waals surface area contributed by atoms with E-state index in [-0.39, 0.29) is 6.04 Å². The molecule has 2 nitrogen and oxygen atoms in total. The summed E-state index contributed by atoms with van der Waals surface area (Å²) in [6.07, 6.45) is 1.87. The van der Waals surface area contributed by atoms with Crippen molar-refractivity contribution in [3.63, 3.8) is 0 Å². The second-order valence-corrected chi connectivity index (χ2v) is 3.48. The maximum Gasteiger partial charge on any atom is 0.129 e. The number of rotatable bonds is 1. The Bertz CT molecular complexity index is 134. The quantitative estimate of drug-likeness (QED) is 0.594. The molecule has 2 rings (SSSR count). The predicted octanol–water partition coefficient (Wildman–Crippen LogP) is 0.392. The van der Waals surface area contributed by atoms with Crippen molar-refractivity contribution in [1.29, 1.82) is 0 Å². The molecular formula is C8H15FN2. The first kappa shape index (κ1) is 7.50. The molecule has 0 amide bonds. The highest BCUT2D eigenvalue weighted by Gasteiger charge is 2.32. The number of halogens is 1. The molecule has 3 heteroatoms. The van der Waals surface area contributed by atoms with Gasteiger partial charge in [0.05, 0.1) is 6.04 Å². The third-order valence-corrected chi connectivity index (χ3v) is 2.72. The van der Waals surface area contributed by atoms with Crippen LogP contribution in [-0.4, -0.2) is 43.3 Å². The van der Waals surface area contributed by atoms with Crippen molar-refractivity contribution in [3.05, 3.63) is 0 Å². The van der Waals surface area contributed by atoms with Crippen LogP contribution in [-0.2, 0) is 0 Å². The van der Waals surface area contributed by atoms with Crippen LogP contribution in [0.1, 0.15) is 12.8 Å². The van der Waals surface area contributed by atoms with Crippen molar-refractivity contribution < 1.29 is 4.39 Å². The van der Waals surface area contributed by atoms with Gasteiger partial charge >= 0.3 is 0 Å². The van der Waals surface area contributed by atoms with Crippen LogP contribution >= 0.6 is 0 Å². The van der Waals surface area contributed by atoms with E-state index in [1.54, 1.807) is 0 Å². The van der Waals surface area contributed by atoms with Crippen LogP contribution in [0.15, 0.2) is 0 Å². The highest BCUT2D eigenvalue weighted by molar-refractivity contribution is 4.90. The van der Waals surface area contributed by atoms with Crippen molar-refractivity contribution in [2.45, 2.75) is 25.1 Å². The van der Waals surface area contributed by atoms with E-state index in [0.717, 1.165) is 19.6 Å². The molecule has 0 aromatic heterocycles. The van der Waals surface area contributed by atoms with E-state index in [1.807, 2.05) is 0 Å². The van der Waals surface area contributed by atoms with Crippen LogP contribution in [0.3, 0.4) is 0 Å². The molecule has 0 radical (unpaired) electrons. The van der Waals surface area contributed by atoms with Gasteiger partial charge in [0.1, 0.15) is 6.17 Å². The molecule has 2 saturated heterocycles. The largest absolute Gasteiger partial charge is 0.312 e. The van der Waals surface area contributed by atoms with E-state index in [2.05, 4.69) is 10.2 Å². The predicted molar refractivity (Wildman–Crippen MR) is 42.4 cm³/mol. The molecule has 0 aliphatic carbocycles.